The topological polar surface area (TPSA) is 29.1 Å². The predicted molar refractivity (Wildman–Crippen MR) is 69.3 cm³/mol. The van der Waals surface area contributed by atoms with Crippen LogP contribution in [0, 0.1) is 11.8 Å². The molecule has 1 aromatic rings. The van der Waals surface area contributed by atoms with E-state index >= 15 is 0 Å². The number of para-hydroxylation sites is 1. The molecule has 1 N–H and O–H groups in total. The Bertz CT molecular complexity index is 391. The molecule has 0 saturated heterocycles. The van der Waals surface area contributed by atoms with Gasteiger partial charge in [0.05, 0.1) is 5.69 Å². The Morgan fingerprint density at radius 3 is 2.75 bits per heavy atom. The van der Waals surface area contributed by atoms with Gasteiger partial charge in [-0.2, -0.15) is 0 Å². The molecule has 1 aliphatic rings. The van der Waals surface area contributed by atoms with Gasteiger partial charge in [-0.1, -0.05) is 25.5 Å². The smallest absolute Gasteiger partial charge is 0.227 e. The highest BCUT2D eigenvalue weighted by Crippen LogP contribution is 2.32. The maximum atomic E-state index is 12.0. The Hall–Kier alpha value is -0.830. The fraction of sp³-hybridized carbons (Fsp3) is 0.462. The third-order valence-corrected chi connectivity index (χ3v) is 4.02. The molecule has 0 heterocycles. The lowest BCUT2D eigenvalue weighted by atomic mass is 9.97. The van der Waals surface area contributed by atoms with Crippen LogP contribution in [-0.2, 0) is 4.79 Å². The molecule has 0 bridgehead atoms. The molecule has 3 heteroatoms. The summed E-state index contributed by atoms with van der Waals surface area (Å²) in [5, 5.41) is 3.00. The molecule has 1 aliphatic carbocycles. The highest BCUT2D eigenvalue weighted by molar-refractivity contribution is 9.10. The minimum Gasteiger partial charge on any atom is -0.325 e. The average molecular weight is 282 g/mol. The lowest BCUT2D eigenvalue weighted by Gasteiger charge is -2.15. The number of anilines is 1. The van der Waals surface area contributed by atoms with E-state index < -0.39 is 0 Å². The SMILES string of the molecule is CC1CCCC1C(=O)Nc1ccccc1Br. The lowest BCUT2D eigenvalue weighted by molar-refractivity contribution is -0.120. The summed E-state index contributed by atoms with van der Waals surface area (Å²) in [7, 11) is 0. The number of benzene rings is 1. The van der Waals surface area contributed by atoms with Crippen molar-refractivity contribution in [2.24, 2.45) is 11.8 Å². The molecule has 2 nitrogen and oxygen atoms in total. The highest BCUT2D eigenvalue weighted by Gasteiger charge is 2.29. The monoisotopic (exact) mass is 281 g/mol. The Kier molecular flexibility index (Phi) is 3.64. The highest BCUT2D eigenvalue weighted by atomic mass is 79.9. The van der Waals surface area contributed by atoms with Gasteiger partial charge in [-0.3, -0.25) is 4.79 Å². The summed E-state index contributed by atoms with van der Waals surface area (Å²) >= 11 is 3.43. The molecule has 2 rings (SSSR count). The Morgan fingerprint density at radius 1 is 1.38 bits per heavy atom. The van der Waals surface area contributed by atoms with Crippen LogP contribution >= 0.6 is 15.9 Å². The van der Waals surface area contributed by atoms with Crippen molar-refractivity contribution in [1.82, 2.24) is 0 Å². The number of hydrogen-bond donors (Lipinski definition) is 1. The van der Waals surface area contributed by atoms with Gasteiger partial charge < -0.3 is 5.32 Å². The van der Waals surface area contributed by atoms with Crippen LogP contribution in [0.2, 0.25) is 0 Å². The first-order valence-corrected chi connectivity index (χ1v) is 6.53. The van der Waals surface area contributed by atoms with Crippen molar-refractivity contribution in [3.63, 3.8) is 0 Å². The Balaban J connectivity index is 2.05. The van der Waals surface area contributed by atoms with Gasteiger partial charge in [-0.25, -0.2) is 0 Å². The van der Waals surface area contributed by atoms with Crippen LogP contribution in [0.15, 0.2) is 28.7 Å². The molecule has 0 radical (unpaired) electrons. The molecule has 2 unspecified atom stereocenters. The van der Waals surface area contributed by atoms with Gasteiger partial charge in [0.1, 0.15) is 0 Å². The maximum absolute atomic E-state index is 12.0. The number of carbonyl (C=O) groups excluding carboxylic acids is 1. The lowest BCUT2D eigenvalue weighted by Crippen LogP contribution is -2.24. The van der Waals surface area contributed by atoms with Crippen LogP contribution in [0.4, 0.5) is 5.69 Å². The molecule has 86 valence electrons. The minimum absolute atomic E-state index is 0.164. The van der Waals surface area contributed by atoms with Crippen molar-refractivity contribution in [2.45, 2.75) is 26.2 Å². The quantitative estimate of drug-likeness (QED) is 0.877. The van der Waals surface area contributed by atoms with Crippen LogP contribution in [-0.4, -0.2) is 5.91 Å². The summed E-state index contributed by atoms with van der Waals surface area (Å²) in [6, 6.07) is 7.73. The summed E-state index contributed by atoms with van der Waals surface area (Å²) in [6.07, 6.45) is 3.38. The van der Waals surface area contributed by atoms with E-state index in [0.717, 1.165) is 16.6 Å². The van der Waals surface area contributed by atoms with Crippen molar-refractivity contribution in [2.75, 3.05) is 5.32 Å². The summed E-state index contributed by atoms with van der Waals surface area (Å²) in [5.74, 6) is 0.867. The summed E-state index contributed by atoms with van der Waals surface area (Å²) in [5.41, 5.74) is 0.867. The Labute approximate surface area is 105 Å². The van der Waals surface area contributed by atoms with Crippen LogP contribution in [0.3, 0.4) is 0 Å². The van der Waals surface area contributed by atoms with Crippen molar-refractivity contribution < 1.29 is 4.79 Å². The first kappa shape index (κ1) is 11.6. The molecule has 0 aromatic heterocycles. The fourth-order valence-electron chi connectivity index (χ4n) is 2.32. The zero-order chi connectivity index (χ0) is 11.5. The van der Waals surface area contributed by atoms with E-state index in [2.05, 4.69) is 28.2 Å². The second-order valence-electron chi connectivity index (χ2n) is 4.48. The maximum Gasteiger partial charge on any atom is 0.227 e. The predicted octanol–water partition coefficient (Wildman–Crippen LogP) is 3.82. The average Bonchev–Trinajstić information content (AvgIpc) is 2.68. The molecule has 2 atom stereocenters. The first-order chi connectivity index (χ1) is 7.68. The number of hydrogen-bond acceptors (Lipinski definition) is 1. The summed E-state index contributed by atoms with van der Waals surface area (Å²) in [6.45, 7) is 2.16. The third kappa shape index (κ3) is 2.46. The van der Waals surface area contributed by atoms with E-state index in [1.165, 1.54) is 12.8 Å². The van der Waals surface area contributed by atoms with Gasteiger partial charge in [0.2, 0.25) is 5.91 Å². The van der Waals surface area contributed by atoms with Gasteiger partial charge in [-0.05, 0) is 46.8 Å². The molecular weight excluding hydrogens is 266 g/mol. The number of amides is 1. The van der Waals surface area contributed by atoms with Gasteiger partial charge >= 0.3 is 0 Å². The normalized spacial score (nSPS) is 24.4. The molecule has 0 aliphatic heterocycles. The van der Waals surface area contributed by atoms with E-state index in [-0.39, 0.29) is 11.8 Å². The fourth-order valence-corrected chi connectivity index (χ4v) is 2.71. The zero-order valence-corrected chi connectivity index (χ0v) is 11.0. The van der Waals surface area contributed by atoms with E-state index in [9.17, 15) is 4.79 Å². The van der Waals surface area contributed by atoms with E-state index in [4.69, 9.17) is 0 Å². The zero-order valence-electron chi connectivity index (χ0n) is 9.37. The van der Waals surface area contributed by atoms with Crippen molar-refractivity contribution >= 4 is 27.5 Å². The number of nitrogens with one attached hydrogen (secondary N) is 1. The van der Waals surface area contributed by atoms with Crippen molar-refractivity contribution in [1.29, 1.82) is 0 Å². The third-order valence-electron chi connectivity index (χ3n) is 3.33. The van der Waals surface area contributed by atoms with Crippen LogP contribution < -0.4 is 5.32 Å². The molecule has 1 amide bonds. The number of rotatable bonds is 2. The summed E-state index contributed by atoms with van der Waals surface area (Å²) < 4.78 is 0.939. The van der Waals surface area contributed by atoms with E-state index in [0.29, 0.717) is 5.92 Å². The van der Waals surface area contributed by atoms with E-state index in [1.54, 1.807) is 0 Å². The molecule has 1 fully saturated rings. The minimum atomic E-state index is 0.164. The molecular formula is C13H16BrNO. The second-order valence-corrected chi connectivity index (χ2v) is 5.34. The van der Waals surface area contributed by atoms with E-state index in [1.807, 2.05) is 24.3 Å². The van der Waals surface area contributed by atoms with Crippen molar-refractivity contribution in [3.05, 3.63) is 28.7 Å². The van der Waals surface area contributed by atoms with Gasteiger partial charge in [0.25, 0.3) is 0 Å². The summed E-state index contributed by atoms with van der Waals surface area (Å²) in [4.78, 5) is 12.0. The van der Waals surface area contributed by atoms with Crippen LogP contribution in [0.5, 0.6) is 0 Å². The Morgan fingerprint density at radius 2 is 2.12 bits per heavy atom. The molecule has 0 spiro atoms. The number of carbonyl (C=O) groups is 1. The number of halogens is 1. The second kappa shape index (κ2) is 5.00. The van der Waals surface area contributed by atoms with Crippen LogP contribution in [0.1, 0.15) is 26.2 Å². The first-order valence-electron chi connectivity index (χ1n) is 5.74. The standard InChI is InChI=1S/C13H16BrNO/c1-9-5-4-6-10(9)13(16)15-12-8-3-2-7-11(12)14/h2-3,7-10H,4-6H2,1H3,(H,15,16). The van der Waals surface area contributed by atoms with Gasteiger partial charge in [0.15, 0.2) is 0 Å². The molecule has 1 saturated carbocycles. The molecule has 1 aromatic carbocycles. The molecule has 16 heavy (non-hydrogen) atoms. The van der Waals surface area contributed by atoms with Crippen molar-refractivity contribution in [3.8, 4) is 0 Å². The van der Waals surface area contributed by atoms with Gasteiger partial charge in [-0.15, -0.1) is 0 Å². The largest absolute Gasteiger partial charge is 0.325 e. The van der Waals surface area contributed by atoms with Gasteiger partial charge in [0, 0.05) is 10.4 Å². The van der Waals surface area contributed by atoms with Crippen LogP contribution in [0.25, 0.3) is 0 Å².